The average molecular weight is 164 g/mol. The maximum atomic E-state index is 3.02. The molecule has 0 unspecified atom stereocenters. The van der Waals surface area contributed by atoms with Crippen molar-refractivity contribution >= 4 is 22.7 Å². The maximum absolute atomic E-state index is 3.02. The SMILES string of the molecule is [c]1cccs1.[c]1sc2cc1-2. The Balaban J connectivity index is 0.0000000807. The molecule has 0 nitrogen and oxygen atoms in total. The molecule has 2 aliphatic rings. The largest absolute Gasteiger partial charge is 0.143 e. The molecule has 0 spiro atoms. The van der Waals surface area contributed by atoms with Crippen LogP contribution in [0, 0.1) is 10.8 Å². The van der Waals surface area contributed by atoms with E-state index < -0.39 is 0 Å². The predicted octanol–water partition coefficient (Wildman–Crippen LogP) is 3.08. The summed E-state index contributed by atoms with van der Waals surface area (Å²) in [6.07, 6.45) is 0. The molecule has 1 aromatic rings. The average Bonchev–Trinajstić information content (AvgIpc) is 2.43. The van der Waals surface area contributed by atoms with Gasteiger partial charge in [-0.25, -0.2) is 0 Å². The maximum Gasteiger partial charge on any atom is 0.0542 e. The van der Waals surface area contributed by atoms with Crippen molar-refractivity contribution in [3.63, 3.8) is 0 Å². The van der Waals surface area contributed by atoms with E-state index in [4.69, 9.17) is 0 Å². The van der Waals surface area contributed by atoms with Crippen LogP contribution in [0.25, 0.3) is 10.4 Å². The molecule has 10 heavy (non-hydrogen) atoms. The molecule has 48 valence electrons. The standard InChI is InChI=1S/C4HS.C4H3S/c1-3-2-5-4(1)3;1-2-4-5-3-1/h1H;1-3H. The Bertz CT molecular complexity index is 250. The van der Waals surface area contributed by atoms with Crippen LogP contribution in [0.1, 0.15) is 0 Å². The molecule has 2 heteroatoms. The second-order valence-electron chi connectivity index (χ2n) is 1.86. The molecule has 0 fully saturated rings. The summed E-state index contributed by atoms with van der Waals surface area (Å²) in [7, 11) is 0. The van der Waals surface area contributed by atoms with Crippen LogP contribution < -0.4 is 0 Å². The van der Waals surface area contributed by atoms with Crippen molar-refractivity contribution < 1.29 is 0 Å². The van der Waals surface area contributed by atoms with Crippen LogP contribution in [-0.2, 0) is 0 Å². The molecule has 1 aliphatic carbocycles. The van der Waals surface area contributed by atoms with Gasteiger partial charge in [-0.1, -0.05) is 6.07 Å². The van der Waals surface area contributed by atoms with Gasteiger partial charge in [0.1, 0.15) is 0 Å². The fourth-order valence-corrected chi connectivity index (χ4v) is 1.49. The number of hydrogen-bond donors (Lipinski definition) is 0. The fourth-order valence-electron chi connectivity index (χ4n) is 0.519. The topological polar surface area (TPSA) is 0 Å². The molecule has 0 N–H and O–H groups in total. The normalized spacial score (nSPS) is 10.0. The molecule has 0 saturated heterocycles. The second kappa shape index (κ2) is 2.56. The summed E-state index contributed by atoms with van der Waals surface area (Å²) >= 11 is 3.30. The summed E-state index contributed by atoms with van der Waals surface area (Å²) in [6.45, 7) is 0. The van der Waals surface area contributed by atoms with E-state index in [2.05, 4.69) is 16.8 Å². The van der Waals surface area contributed by atoms with Crippen LogP contribution in [0.4, 0.5) is 0 Å². The van der Waals surface area contributed by atoms with E-state index in [1.54, 1.807) is 22.7 Å². The van der Waals surface area contributed by atoms with Crippen molar-refractivity contribution in [1.29, 1.82) is 0 Å². The van der Waals surface area contributed by atoms with Crippen molar-refractivity contribution in [2.24, 2.45) is 0 Å². The van der Waals surface area contributed by atoms with E-state index in [0.717, 1.165) is 0 Å². The van der Waals surface area contributed by atoms with Crippen LogP contribution in [0.5, 0.6) is 0 Å². The van der Waals surface area contributed by atoms with Gasteiger partial charge < -0.3 is 0 Å². The Kier molecular flexibility index (Phi) is 1.57. The highest BCUT2D eigenvalue weighted by Crippen LogP contribution is 2.41. The summed E-state index contributed by atoms with van der Waals surface area (Å²) in [5.41, 5.74) is 1.36. The van der Waals surface area contributed by atoms with Crippen molar-refractivity contribution in [2.45, 2.75) is 0 Å². The summed E-state index contributed by atoms with van der Waals surface area (Å²) in [4.78, 5) is 1.45. The Morgan fingerprint density at radius 2 is 2.30 bits per heavy atom. The van der Waals surface area contributed by atoms with Crippen molar-refractivity contribution in [3.05, 3.63) is 34.3 Å². The fraction of sp³-hybridized carbons (Fsp3) is 0. The molecule has 0 bridgehead atoms. The minimum atomic E-state index is 1.36. The first-order chi connectivity index (χ1) is 4.97. The van der Waals surface area contributed by atoms with Gasteiger partial charge in [-0.2, -0.15) is 0 Å². The van der Waals surface area contributed by atoms with Gasteiger partial charge in [-0.3, -0.25) is 0 Å². The van der Waals surface area contributed by atoms with Crippen molar-refractivity contribution in [3.8, 4) is 10.4 Å². The molecule has 3 rings (SSSR count). The quantitative estimate of drug-likeness (QED) is 0.479. The molecule has 1 aromatic heterocycles. The van der Waals surface area contributed by atoms with Crippen molar-refractivity contribution in [1.82, 2.24) is 0 Å². The van der Waals surface area contributed by atoms with Gasteiger partial charge in [0.2, 0.25) is 0 Å². The van der Waals surface area contributed by atoms with Gasteiger partial charge in [0.15, 0.2) is 0 Å². The highest BCUT2D eigenvalue weighted by molar-refractivity contribution is 7.17. The number of rotatable bonds is 0. The summed E-state index contributed by atoms with van der Waals surface area (Å²) in [5.74, 6) is 0. The zero-order valence-corrected chi connectivity index (χ0v) is 6.76. The van der Waals surface area contributed by atoms with E-state index in [9.17, 15) is 0 Å². The highest BCUT2D eigenvalue weighted by Gasteiger charge is 2.13. The first kappa shape index (κ1) is 6.13. The van der Waals surface area contributed by atoms with Crippen LogP contribution in [0.3, 0.4) is 0 Å². The molecule has 2 heterocycles. The number of hydrogen-bond acceptors (Lipinski definition) is 2. The highest BCUT2D eigenvalue weighted by atomic mass is 32.1. The third-order valence-corrected chi connectivity index (χ3v) is 2.55. The predicted molar refractivity (Wildman–Crippen MR) is 45.3 cm³/mol. The number of thiophene rings is 2. The van der Waals surface area contributed by atoms with Gasteiger partial charge >= 0.3 is 0 Å². The molecule has 0 saturated carbocycles. The third kappa shape index (κ3) is 1.28. The number of fused-ring (bicyclic) bond motifs is 1. The summed E-state index contributed by atoms with van der Waals surface area (Å²) in [6, 6.07) is 5.99. The lowest BCUT2D eigenvalue weighted by molar-refractivity contribution is 2.01. The second-order valence-corrected chi connectivity index (χ2v) is 3.45. The minimum absolute atomic E-state index is 1.36. The van der Waals surface area contributed by atoms with E-state index in [-0.39, 0.29) is 0 Å². The molecule has 0 atom stereocenters. The van der Waals surface area contributed by atoms with Crippen molar-refractivity contribution in [2.75, 3.05) is 0 Å². The summed E-state index contributed by atoms with van der Waals surface area (Å²) in [5, 5.41) is 7.91. The molecular formula is C8H4S2. The Morgan fingerprint density at radius 3 is 2.40 bits per heavy atom. The molecule has 2 radical (unpaired) electrons. The van der Waals surface area contributed by atoms with E-state index in [1.165, 1.54) is 10.4 Å². The van der Waals surface area contributed by atoms with Gasteiger partial charge in [-0.05, 0) is 17.5 Å². The van der Waals surface area contributed by atoms with Crippen LogP contribution in [0.2, 0.25) is 0 Å². The third-order valence-electron chi connectivity index (χ3n) is 1.11. The van der Waals surface area contributed by atoms with E-state index in [1.807, 2.05) is 17.5 Å². The molecular weight excluding hydrogens is 160 g/mol. The van der Waals surface area contributed by atoms with Gasteiger partial charge in [0.25, 0.3) is 0 Å². The zero-order chi connectivity index (χ0) is 6.81. The van der Waals surface area contributed by atoms with Gasteiger partial charge in [-0.15, -0.1) is 22.7 Å². The van der Waals surface area contributed by atoms with Crippen LogP contribution in [0.15, 0.2) is 23.6 Å². The Labute approximate surface area is 67.8 Å². The van der Waals surface area contributed by atoms with Gasteiger partial charge in [0.05, 0.1) is 5.38 Å². The zero-order valence-electron chi connectivity index (χ0n) is 5.13. The molecule has 0 amide bonds. The van der Waals surface area contributed by atoms with Crippen LogP contribution in [-0.4, -0.2) is 0 Å². The Hall–Kier alpha value is -0.600. The lowest BCUT2D eigenvalue weighted by Crippen LogP contribution is -1.44. The monoisotopic (exact) mass is 164 g/mol. The van der Waals surface area contributed by atoms with E-state index in [0.29, 0.717) is 0 Å². The lowest BCUT2D eigenvalue weighted by Gasteiger charge is -1.74. The summed E-state index contributed by atoms with van der Waals surface area (Å²) < 4.78 is 0. The van der Waals surface area contributed by atoms with E-state index >= 15 is 0 Å². The first-order valence-corrected chi connectivity index (χ1v) is 4.58. The van der Waals surface area contributed by atoms with Gasteiger partial charge in [0, 0.05) is 15.8 Å². The first-order valence-electron chi connectivity index (χ1n) is 2.88. The minimum Gasteiger partial charge on any atom is -0.143 e. The molecule has 0 aromatic carbocycles. The van der Waals surface area contributed by atoms with Crippen LogP contribution >= 0.6 is 22.7 Å². The smallest absolute Gasteiger partial charge is 0.0542 e. The molecule has 1 aliphatic heterocycles. The Morgan fingerprint density at radius 1 is 1.40 bits per heavy atom. The lowest BCUT2D eigenvalue weighted by atomic mass is 10.7.